The number of nitrogens with one attached hydrogen (secondary N) is 3. The number of benzene rings is 1. The molecule has 0 saturated carbocycles. The number of fused-ring (bicyclic) bond motifs is 1. The van der Waals surface area contributed by atoms with Crippen molar-refractivity contribution in [1.82, 2.24) is 5.32 Å². The van der Waals surface area contributed by atoms with Crippen molar-refractivity contribution in [2.24, 2.45) is 5.92 Å². The molecule has 0 aromatic heterocycles. The topological polar surface area (TPSA) is 70.2 Å². The largest absolute Gasteiger partial charge is 0.326 e. The van der Waals surface area contributed by atoms with Crippen LogP contribution in [0.5, 0.6) is 0 Å². The summed E-state index contributed by atoms with van der Waals surface area (Å²) in [5.41, 5.74) is 2.75. The van der Waals surface area contributed by atoms with E-state index in [9.17, 15) is 9.59 Å². The fourth-order valence-electron chi connectivity index (χ4n) is 2.91. The molecule has 1 aromatic rings. The van der Waals surface area contributed by atoms with Crippen LogP contribution >= 0.6 is 0 Å². The van der Waals surface area contributed by atoms with Crippen molar-refractivity contribution < 1.29 is 9.59 Å². The molecular formula is C15H19N3O2. The summed E-state index contributed by atoms with van der Waals surface area (Å²) in [5, 5.41) is 9.11. The van der Waals surface area contributed by atoms with Gasteiger partial charge < -0.3 is 16.0 Å². The normalized spacial score (nSPS) is 24.9. The Labute approximate surface area is 118 Å². The first-order valence-corrected chi connectivity index (χ1v) is 7.10. The minimum absolute atomic E-state index is 0.0331. The predicted molar refractivity (Wildman–Crippen MR) is 77.6 cm³/mol. The maximum atomic E-state index is 12.2. The summed E-state index contributed by atoms with van der Waals surface area (Å²) in [5.74, 6) is 0.160. The van der Waals surface area contributed by atoms with E-state index < -0.39 is 0 Å². The summed E-state index contributed by atoms with van der Waals surface area (Å²) in [6.07, 6.45) is 2.12. The second kappa shape index (κ2) is 5.25. The number of aryl methyl sites for hydroxylation is 1. The van der Waals surface area contributed by atoms with Gasteiger partial charge in [-0.15, -0.1) is 0 Å². The van der Waals surface area contributed by atoms with Crippen LogP contribution in [0.2, 0.25) is 0 Å². The fourth-order valence-corrected chi connectivity index (χ4v) is 2.91. The highest BCUT2D eigenvalue weighted by Gasteiger charge is 2.29. The first-order valence-electron chi connectivity index (χ1n) is 7.10. The molecule has 2 amide bonds. The van der Waals surface area contributed by atoms with Crippen molar-refractivity contribution in [3.8, 4) is 0 Å². The molecule has 2 unspecified atom stereocenters. The number of rotatable bonds is 2. The number of anilines is 2. The molecular weight excluding hydrogens is 254 g/mol. The molecule has 1 aromatic carbocycles. The zero-order valence-electron chi connectivity index (χ0n) is 11.5. The lowest BCUT2D eigenvalue weighted by Crippen LogP contribution is -2.32. The minimum atomic E-state index is 0.0331. The van der Waals surface area contributed by atoms with Gasteiger partial charge >= 0.3 is 0 Å². The lowest BCUT2D eigenvalue weighted by Gasteiger charge is -2.19. The molecule has 2 heterocycles. The van der Waals surface area contributed by atoms with Gasteiger partial charge in [0.1, 0.15) is 0 Å². The van der Waals surface area contributed by atoms with E-state index in [1.54, 1.807) is 0 Å². The molecule has 5 nitrogen and oxygen atoms in total. The maximum Gasteiger partial charge on any atom is 0.229 e. The Kier molecular flexibility index (Phi) is 3.44. The van der Waals surface area contributed by atoms with Crippen LogP contribution in [0.3, 0.4) is 0 Å². The molecule has 0 radical (unpaired) electrons. The SMILES string of the molecule is CC1NCCC1C(=O)Nc1ccc2c(c1)CCC(=O)N2. The zero-order valence-corrected chi connectivity index (χ0v) is 11.5. The van der Waals surface area contributed by atoms with Gasteiger partial charge in [0.05, 0.1) is 5.92 Å². The van der Waals surface area contributed by atoms with Gasteiger partial charge in [0, 0.05) is 23.8 Å². The molecule has 5 heteroatoms. The molecule has 1 saturated heterocycles. The zero-order chi connectivity index (χ0) is 14.1. The lowest BCUT2D eigenvalue weighted by molar-refractivity contribution is -0.120. The first-order chi connectivity index (χ1) is 9.63. The standard InChI is InChI=1S/C15H19N3O2/c1-9-12(6-7-16-9)15(20)17-11-3-4-13-10(8-11)2-5-14(19)18-13/h3-4,8-9,12,16H,2,5-7H2,1H3,(H,17,20)(H,18,19). The van der Waals surface area contributed by atoms with Crippen molar-refractivity contribution in [1.29, 1.82) is 0 Å². The third-order valence-corrected chi connectivity index (χ3v) is 4.13. The summed E-state index contributed by atoms with van der Waals surface area (Å²) in [6, 6.07) is 5.89. The lowest BCUT2D eigenvalue weighted by atomic mass is 10.00. The van der Waals surface area contributed by atoms with Crippen molar-refractivity contribution >= 4 is 23.2 Å². The number of carbonyl (C=O) groups is 2. The monoisotopic (exact) mass is 273 g/mol. The number of hydrogen-bond donors (Lipinski definition) is 3. The van der Waals surface area contributed by atoms with Crippen molar-refractivity contribution in [2.45, 2.75) is 32.2 Å². The Bertz CT molecular complexity index is 556. The summed E-state index contributed by atoms with van der Waals surface area (Å²) >= 11 is 0. The molecule has 0 aliphatic carbocycles. The molecule has 2 atom stereocenters. The average Bonchev–Trinajstić information content (AvgIpc) is 2.85. The highest BCUT2D eigenvalue weighted by molar-refractivity contribution is 5.96. The number of hydrogen-bond acceptors (Lipinski definition) is 3. The average molecular weight is 273 g/mol. The van der Waals surface area contributed by atoms with E-state index in [0.717, 1.165) is 36.3 Å². The van der Waals surface area contributed by atoms with Crippen molar-refractivity contribution in [3.63, 3.8) is 0 Å². The molecule has 1 fully saturated rings. The van der Waals surface area contributed by atoms with Crippen LogP contribution in [-0.2, 0) is 16.0 Å². The Morgan fingerprint density at radius 2 is 2.20 bits per heavy atom. The Morgan fingerprint density at radius 1 is 1.35 bits per heavy atom. The smallest absolute Gasteiger partial charge is 0.229 e. The molecule has 3 N–H and O–H groups in total. The van der Waals surface area contributed by atoms with Crippen LogP contribution in [-0.4, -0.2) is 24.4 Å². The molecule has 3 rings (SSSR count). The van der Waals surface area contributed by atoms with Gasteiger partial charge in [-0.1, -0.05) is 0 Å². The number of amides is 2. The molecule has 0 bridgehead atoms. The number of carbonyl (C=O) groups excluding carboxylic acids is 2. The second-order valence-corrected chi connectivity index (χ2v) is 5.55. The Hall–Kier alpha value is -1.88. The second-order valence-electron chi connectivity index (χ2n) is 5.55. The van der Waals surface area contributed by atoms with E-state index in [1.165, 1.54) is 0 Å². The van der Waals surface area contributed by atoms with Crippen molar-refractivity contribution in [2.75, 3.05) is 17.2 Å². The highest BCUT2D eigenvalue weighted by atomic mass is 16.2. The van der Waals surface area contributed by atoms with Gasteiger partial charge in [-0.05, 0) is 50.1 Å². The van der Waals surface area contributed by atoms with E-state index in [4.69, 9.17) is 0 Å². The summed E-state index contributed by atoms with van der Waals surface area (Å²) in [7, 11) is 0. The molecule has 106 valence electrons. The van der Waals surface area contributed by atoms with Gasteiger partial charge in [-0.3, -0.25) is 9.59 Å². The van der Waals surface area contributed by atoms with Crippen LogP contribution in [0.1, 0.15) is 25.3 Å². The van der Waals surface area contributed by atoms with Gasteiger partial charge in [0.2, 0.25) is 11.8 Å². The van der Waals surface area contributed by atoms with E-state index in [0.29, 0.717) is 6.42 Å². The van der Waals surface area contributed by atoms with E-state index >= 15 is 0 Å². The summed E-state index contributed by atoms with van der Waals surface area (Å²) in [6.45, 7) is 2.94. The van der Waals surface area contributed by atoms with Crippen LogP contribution in [0.15, 0.2) is 18.2 Å². The van der Waals surface area contributed by atoms with Gasteiger partial charge in [0.15, 0.2) is 0 Å². The Morgan fingerprint density at radius 3 is 2.95 bits per heavy atom. The highest BCUT2D eigenvalue weighted by Crippen LogP contribution is 2.26. The van der Waals surface area contributed by atoms with E-state index in [2.05, 4.69) is 16.0 Å². The fraction of sp³-hybridized carbons (Fsp3) is 0.467. The van der Waals surface area contributed by atoms with E-state index in [1.807, 2.05) is 25.1 Å². The van der Waals surface area contributed by atoms with Crippen LogP contribution in [0.4, 0.5) is 11.4 Å². The molecule has 2 aliphatic rings. The summed E-state index contributed by atoms with van der Waals surface area (Å²) in [4.78, 5) is 23.5. The molecule has 2 aliphatic heterocycles. The molecule has 0 spiro atoms. The van der Waals surface area contributed by atoms with Crippen LogP contribution in [0, 0.1) is 5.92 Å². The van der Waals surface area contributed by atoms with Crippen LogP contribution < -0.4 is 16.0 Å². The van der Waals surface area contributed by atoms with Crippen LogP contribution in [0.25, 0.3) is 0 Å². The Balaban J connectivity index is 1.72. The quantitative estimate of drug-likeness (QED) is 0.765. The maximum absolute atomic E-state index is 12.2. The van der Waals surface area contributed by atoms with Gasteiger partial charge in [-0.25, -0.2) is 0 Å². The van der Waals surface area contributed by atoms with E-state index in [-0.39, 0.29) is 23.8 Å². The first kappa shape index (κ1) is 13.1. The summed E-state index contributed by atoms with van der Waals surface area (Å²) < 4.78 is 0. The third kappa shape index (κ3) is 2.54. The minimum Gasteiger partial charge on any atom is -0.326 e. The predicted octanol–water partition coefficient (Wildman–Crippen LogP) is 1.51. The molecule has 20 heavy (non-hydrogen) atoms. The van der Waals surface area contributed by atoms with Gasteiger partial charge in [-0.2, -0.15) is 0 Å². The third-order valence-electron chi connectivity index (χ3n) is 4.13. The van der Waals surface area contributed by atoms with Crippen molar-refractivity contribution in [3.05, 3.63) is 23.8 Å². The van der Waals surface area contributed by atoms with Gasteiger partial charge in [0.25, 0.3) is 0 Å².